The largest absolute Gasteiger partial charge is 0.331 e. The molecule has 0 spiro atoms. The molecule has 0 aromatic heterocycles. The highest BCUT2D eigenvalue weighted by Crippen LogP contribution is 2.23. The molecule has 2 aromatic rings. The zero-order valence-electron chi connectivity index (χ0n) is 13.6. The minimum Gasteiger partial charge on any atom is -0.324 e. The molecule has 0 saturated carbocycles. The normalized spacial score (nSPS) is 14.2. The molecule has 0 radical (unpaired) electrons. The monoisotopic (exact) mass is 360 g/mol. The number of carbonyl (C=O) groups is 2. The lowest BCUT2D eigenvalue weighted by Crippen LogP contribution is -2.48. The summed E-state index contributed by atoms with van der Waals surface area (Å²) in [5.41, 5.74) is 0.537. The van der Waals surface area contributed by atoms with Crippen molar-refractivity contribution in [3.05, 3.63) is 64.9 Å². The van der Waals surface area contributed by atoms with E-state index in [1.54, 1.807) is 29.2 Å². The standard InChI is InChI=1S/C19H18ClFN2O2/c20-15-7-9-17(10-8-15)23(19(25)22-11-2-1-3-12-22)18(24)14-5-4-6-16(21)13-14/h4-10,13H,1-3,11-12H2. The Morgan fingerprint density at radius 1 is 1.00 bits per heavy atom. The van der Waals surface area contributed by atoms with Gasteiger partial charge in [-0.3, -0.25) is 4.79 Å². The maximum Gasteiger partial charge on any atom is 0.331 e. The van der Waals surface area contributed by atoms with Crippen LogP contribution in [0.15, 0.2) is 48.5 Å². The van der Waals surface area contributed by atoms with Gasteiger partial charge in [0, 0.05) is 23.7 Å². The van der Waals surface area contributed by atoms with Crippen LogP contribution < -0.4 is 4.90 Å². The van der Waals surface area contributed by atoms with Crippen molar-refractivity contribution in [2.75, 3.05) is 18.0 Å². The van der Waals surface area contributed by atoms with E-state index < -0.39 is 17.8 Å². The SMILES string of the molecule is O=C(c1cccc(F)c1)N(C(=O)N1CCCCC1)c1ccc(Cl)cc1. The molecule has 1 heterocycles. The Balaban J connectivity index is 1.97. The number of carbonyl (C=O) groups excluding carboxylic acids is 2. The van der Waals surface area contributed by atoms with Crippen LogP contribution in [0.25, 0.3) is 0 Å². The molecule has 1 saturated heterocycles. The molecule has 0 atom stereocenters. The van der Waals surface area contributed by atoms with Gasteiger partial charge in [0.2, 0.25) is 0 Å². The Hall–Kier alpha value is -2.40. The maximum atomic E-state index is 13.5. The zero-order valence-corrected chi connectivity index (χ0v) is 14.4. The van der Waals surface area contributed by atoms with Crippen LogP contribution in [-0.4, -0.2) is 29.9 Å². The van der Waals surface area contributed by atoms with Crippen molar-refractivity contribution in [3.63, 3.8) is 0 Å². The highest BCUT2D eigenvalue weighted by Gasteiger charge is 2.30. The number of hydrogen-bond acceptors (Lipinski definition) is 2. The minimum absolute atomic E-state index is 0.125. The third-order valence-electron chi connectivity index (χ3n) is 4.18. The second-order valence-corrected chi connectivity index (χ2v) is 6.39. The summed E-state index contributed by atoms with van der Waals surface area (Å²) < 4.78 is 13.5. The number of halogens is 2. The van der Waals surface area contributed by atoms with Crippen molar-refractivity contribution in [2.24, 2.45) is 0 Å². The second-order valence-electron chi connectivity index (χ2n) is 5.96. The molecule has 1 aliphatic heterocycles. The van der Waals surface area contributed by atoms with Crippen LogP contribution in [0.4, 0.5) is 14.9 Å². The van der Waals surface area contributed by atoms with Gasteiger partial charge in [-0.25, -0.2) is 14.1 Å². The number of piperidine rings is 1. The van der Waals surface area contributed by atoms with Crippen molar-refractivity contribution < 1.29 is 14.0 Å². The lowest BCUT2D eigenvalue weighted by Gasteiger charge is -2.32. The highest BCUT2D eigenvalue weighted by atomic mass is 35.5. The van der Waals surface area contributed by atoms with E-state index in [1.165, 1.54) is 18.2 Å². The number of nitrogens with zero attached hydrogens (tertiary/aromatic N) is 2. The number of benzene rings is 2. The van der Waals surface area contributed by atoms with Crippen molar-refractivity contribution in [1.82, 2.24) is 4.90 Å². The van der Waals surface area contributed by atoms with Gasteiger partial charge in [0.05, 0.1) is 5.69 Å². The summed E-state index contributed by atoms with van der Waals surface area (Å²) in [7, 11) is 0. The number of urea groups is 1. The van der Waals surface area contributed by atoms with Crippen molar-refractivity contribution in [3.8, 4) is 0 Å². The van der Waals surface area contributed by atoms with Gasteiger partial charge in [-0.2, -0.15) is 0 Å². The molecule has 3 rings (SSSR count). The molecule has 2 aromatic carbocycles. The molecule has 1 fully saturated rings. The molecule has 130 valence electrons. The van der Waals surface area contributed by atoms with E-state index >= 15 is 0 Å². The summed E-state index contributed by atoms with van der Waals surface area (Å²) in [4.78, 5) is 28.7. The summed E-state index contributed by atoms with van der Waals surface area (Å²) in [6, 6.07) is 11.4. The lowest BCUT2D eigenvalue weighted by atomic mass is 10.1. The number of amides is 3. The van der Waals surface area contributed by atoms with Crippen molar-refractivity contribution in [1.29, 1.82) is 0 Å². The zero-order chi connectivity index (χ0) is 17.8. The second kappa shape index (κ2) is 7.66. The molecule has 4 nitrogen and oxygen atoms in total. The fraction of sp³-hybridized carbons (Fsp3) is 0.263. The van der Waals surface area contributed by atoms with E-state index in [9.17, 15) is 14.0 Å². The van der Waals surface area contributed by atoms with E-state index in [2.05, 4.69) is 0 Å². The predicted molar refractivity (Wildman–Crippen MR) is 95.5 cm³/mol. The fourth-order valence-corrected chi connectivity index (χ4v) is 3.01. The molecule has 6 heteroatoms. The molecular formula is C19H18ClFN2O2. The molecule has 0 N–H and O–H groups in total. The van der Waals surface area contributed by atoms with Gasteiger partial charge < -0.3 is 4.90 Å². The quantitative estimate of drug-likeness (QED) is 0.776. The number of hydrogen-bond donors (Lipinski definition) is 0. The average molecular weight is 361 g/mol. The fourth-order valence-electron chi connectivity index (χ4n) is 2.88. The third-order valence-corrected chi connectivity index (χ3v) is 4.43. The van der Waals surface area contributed by atoms with Crippen molar-refractivity contribution in [2.45, 2.75) is 19.3 Å². The first kappa shape index (κ1) is 17.4. The Labute approximate surface area is 150 Å². The van der Waals surface area contributed by atoms with E-state index in [0.29, 0.717) is 23.8 Å². The number of anilines is 1. The van der Waals surface area contributed by atoms with Gasteiger partial charge in [0.25, 0.3) is 5.91 Å². The Morgan fingerprint density at radius 2 is 1.68 bits per heavy atom. The van der Waals surface area contributed by atoms with Gasteiger partial charge in [0.15, 0.2) is 0 Å². The van der Waals surface area contributed by atoms with Crippen LogP contribution in [-0.2, 0) is 0 Å². The number of likely N-dealkylation sites (tertiary alicyclic amines) is 1. The first-order valence-corrected chi connectivity index (χ1v) is 8.58. The Kier molecular flexibility index (Phi) is 5.34. The smallest absolute Gasteiger partial charge is 0.324 e. The predicted octanol–water partition coefficient (Wildman–Crippen LogP) is 4.73. The van der Waals surface area contributed by atoms with E-state index in [4.69, 9.17) is 11.6 Å². The van der Waals surface area contributed by atoms with Crippen LogP contribution in [0, 0.1) is 5.82 Å². The highest BCUT2D eigenvalue weighted by molar-refractivity contribution is 6.30. The van der Waals surface area contributed by atoms with Crippen LogP contribution >= 0.6 is 11.6 Å². The maximum absolute atomic E-state index is 13.5. The molecule has 0 unspecified atom stereocenters. The number of rotatable bonds is 2. The molecule has 0 bridgehead atoms. The van der Waals surface area contributed by atoms with Crippen LogP contribution in [0.3, 0.4) is 0 Å². The van der Waals surface area contributed by atoms with Crippen molar-refractivity contribution >= 4 is 29.2 Å². The van der Waals surface area contributed by atoms with Crippen LogP contribution in [0.2, 0.25) is 5.02 Å². The van der Waals surface area contributed by atoms with E-state index in [0.717, 1.165) is 30.2 Å². The van der Waals surface area contributed by atoms with Crippen LogP contribution in [0.1, 0.15) is 29.6 Å². The average Bonchev–Trinajstić information content (AvgIpc) is 2.64. The summed E-state index contributed by atoms with van der Waals surface area (Å²) in [5.74, 6) is -1.08. The van der Waals surface area contributed by atoms with Crippen LogP contribution in [0.5, 0.6) is 0 Å². The summed E-state index contributed by atoms with van der Waals surface area (Å²) >= 11 is 5.91. The molecule has 25 heavy (non-hydrogen) atoms. The van der Waals surface area contributed by atoms with E-state index in [-0.39, 0.29) is 5.56 Å². The molecule has 0 aliphatic carbocycles. The first-order chi connectivity index (χ1) is 12.1. The van der Waals surface area contributed by atoms with Gasteiger partial charge in [-0.15, -0.1) is 0 Å². The van der Waals surface area contributed by atoms with Gasteiger partial charge in [-0.05, 0) is 61.7 Å². The molecule has 3 amide bonds. The van der Waals surface area contributed by atoms with Gasteiger partial charge in [-0.1, -0.05) is 17.7 Å². The lowest BCUT2D eigenvalue weighted by molar-refractivity contribution is 0.0983. The first-order valence-electron chi connectivity index (χ1n) is 8.21. The summed E-state index contributed by atoms with van der Waals surface area (Å²) in [6.45, 7) is 1.22. The summed E-state index contributed by atoms with van der Waals surface area (Å²) in [6.07, 6.45) is 2.89. The Bertz CT molecular complexity index is 773. The Morgan fingerprint density at radius 3 is 2.32 bits per heavy atom. The van der Waals surface area contributed by atoms with Gasteiger partial charge >= 0.3 is 6.03 Å². The number of imide groups is 1. The van der Waals surface area contributed by atoms with Gasteiger partial charge in [0.1, 0.15) is 5.82 Å². The minimum atomic E-state index is -0.558. The third kappa shape index (κ3) is 3.99. The molecule has 1 aliphatic rings. The van der Waals surface area contributed by atoms with E-state index in [1.807, 2.05) is 0 Å². The molecular weight excluding hydrogens is 343 g/mol. The summed E-state index contributed by atoms with van der Waals surface area (Å²) in [5, 5.41) is 0.507. The topological polar surface area (TPSA) is 40.6 Å².